The molecular weight excluding hydrogens is 753 g/mol. The molecule has 1 fully saturated rings. The number of hydrogen-bond donors (Lipinski definition) is 3. The monoisotopic (exact) mass is 790 g/mol. The third-order valence-corrected chi connectivity index (χ3v) is 10.9. The predicted molar refractivity (Wildman–Crippen MR) is 218 cm³/mol. The van der Waals surface area contributed by atoms with E-state index in [2.05, 4.69) is 19.8 Å². The first-order valence-electron chi connectivity index (χ1n) is 18.7. The number of hydrogen-bond acceptors (Lipinski definition) is 11. The van der Waals surface area contributed by atoms with Gasteiger partial charge in [-0.25, -0.2) is 4.79 Å². The van der Waals surface area contributed by atoms with Crippen LogP contribution in [0, 0.1) is 0 Å². The Kier molecular flexibility index (Phi) is 10.9. The van der Waals surface area contributed by atoms with Crippen LogP contribution in [-0.4, -0.2) is 61.5 Å². The minimum Gasteiger partial charge on any atom is -0.448 e. The fraction of sp³-hybridized carbons (Fsp3) is 0.156. The maximum absolute atomic E-state index is 14.3. The van der Waals surface area contributed by atoms with Gasteiger partial charge in [-0.2, -0.15) is 9.36 Å². The van der Waals surface area contributed by atoms with Crippen LogP contribution in [0.4, 0.5) is 5.13 Å². The number of rotatable bonds is 13. The van der Waals surface area contributed by atoms with E-state index in [-0.39, 0.29) is 22.4 Å². The zero-order chi connectivity index (χ0) is 40.1. The minimum absolute atomic E-state index is 0.0318. The lowest BCUT2D eigenvalue weighted by Gasteiger charge is -2.50. The second-order valence-electron chi connectivity index (χ2n) is 13.7. The van der Waals surface area contributed by atoms with Gasteiger partial charge < -0.3 is 25.7 Å². The molecule has 2 unspecified atom stereocenters. The molecule has 0 bridgehead atoms. The van der Waals surface area contributed by atoms with Crippen molar-refractivity contribution in [1.82, 2.24) is 19.6 Å². The number of benzene rings is 5. The summed E-state index contributed by atoms with van der Waals surface area (Å²) in [7, 11) is 0. The number of oxime groups is 1. The van der Waals surface area contributed by atoms with E-state index in [4.69, 9.17) is 15.3 Å². The molecule has 290 valence electrons. The molecule has 0 saturated carbocycles. The van der Waals surface area contributed by atoms with Gasteiger partial charge >= 0.3 is 5.97 Å². The summed E-state index contributed by atoms with van der Waals surface area (Å²) in [5, 5.41) is 17.8. The first kappa shape index (κ1) is 37.9. The molecule has 8 rings (SSSR count). The van der Waals surface area contributed by atoms with E-state index in [1.165, 1.54) is 4.90 Å². The largest absolute Gasteiger partial charge is 0.448 e. The Morgan fingerprint density at radius 3 is 1.79 bits per heavy atom. The van der Waals surface area contributed by atoms with E-state index in [1.54, 1.807) is 0 Å². The summed E-state index contributed by atoms with van der Waals surface area (Å²) >= 11 is 0.882. The lowest BCUT2D eigenvalue weighted by atomic mass is 9.80. The highest BCUT2D eigenvalue weighted by atomic mass is 32.1. The van der Waals surface area contributed by atoms with Crippen molar-refractivity contribution in [3.05, 3.63) is 197 Å². The van der Waals surface area contributed by atoms with Crippen LogP contribution in [0.25, 0.3) is 0 Å². The van der Waals surface area contributed by atoms with Gasteiger partial charge in [-0.05, 0) is 29.5 Å². The highest BCUT2D eigenvalue weighted by Gasteiger charge is 2.54. The van der Waals surface area contributed by atoms with Gasteiger partial charge in [0.2, 0.25) is 17.1 Å². The van der Waals surface area contributed by atoms with Gasteiger partial charge in [0.1, 0.15) is 11.7 Å². The summed E-state index contributed by atoms with van der Waals surface area (Å²) in [4.78, 5) is 54.6. The summed E-state index contributed by atoms with van der Waals surface area (Å²) in [6.07, 6.45) is -0.111. The van der Waals surface area contributed by atoms with Crippen molar-refractivity contribution in [1.29, 1.82) is 0 Å². The van der Waals surface area contributed by atoms with Crippen molar-refractivity contribution < 1.29 is 29.1 Å². The van der Waals surface area contributed by atoms with E-state index in [0.717, 1.165) is 39.3 Å². The van der Waals surface area contributed by atoms with Crippen molar-refractivity contribution in [2.75, 3.05) is 12.3 Å². The third kappa shape index (κ3) is 7.24. The highest BCUT2D eigenvalue weighted by molar-refractivity contribution is 7.09. The van der Waals surface area contributed by atoms with E-state index >= 15 is 0 Å². The number of amides is 2. The molecule has 0 spiro atoms. The second-order valence-corrected chi connectivity index (χ2v) is 14.5. The minimum atomic E-state index is -1.33. The number of β-lactam (4-membered cyclic amide) rings is 1. The first-order valence-corrected chi connectivity index (χ1v) is 19.5. The fourth-order valence-corrected chi connectivity index (χ4v) is 7.98. The molecule has 4 N–H and O–H groups in total. The normalized spacial score (nSPS) is 16.7. The first-order chi connectivity index (χ1) is 28.4. The van der Waals surface area contributed by atoms with Crippen LogP contribution < -0.4 is 11.1 Å². The molecule has 3 heterocycles. The molecule has 1 saturated heterocycles. The maximum atomic E-state index is 14.3. The second kappa shape index (κ2) is 16.6. The summed E-state index contributed by atoms with van der Waals surface area (Å²) in [6.45, 7) is -0.448. The number of esters is 1. The number of aromatic nitrogens is 2. The van der Waals surface area contributed by atoms with Gasteiger partial charge in [0, 0.05) is 28.2 Å². The average molecular weight is 791 g/mol. The number of aliphatic hydroxyl groups excluding tert-OH is 1. The molecule has 12 nitrogen and oxygen atoms in total. The number of nitrogens with two attached hydrogens (primary N) is 1. The molecule has 13 heteroatoms. The van der Waals surface area contributed by atoms with Crippen LogP contribution in [0.2, 0.25) is 0 Å². The van der Waals surface area contributed by atoms with Gasteiger partial charge in [0.25, 0.3) is 11.8 Å². The van der Waals surface area contributed by atoms with Crippen molar-refractivity contribution >= 4 is 40.2 Å². The lowest BCUT2D eigenvalue weighted by Crippen LogP contribution is -2.72. The molecule has 5 aromatic carbocycles. The zero-order valence-electron chi connectivity index (χ0n) is 31.1. The molecule has 6 aromatic rings. The van der Waals surface area contributed by atoms with E-state index in [1.807, 2.05) is 152 Å². The predicted octanol–water partition coefficient (Wildman–Crippen LogP) is 5.90. The summed E-state index contributed by atoms with van der Waals surface area (Å²) in [6, 6.07) is 45.4. The number of ether oxygens (including phenoxy) is 1. The van der Waals surface area contributed by atoms with Crippen molar-refractivity contribution in [3.63, 3.8) is 0 Å². The quantitative estimate of drug-likeness (QED) is 0.0424. The van der Waals surface area contributed by atoms with Crippen molar-refractivity contribution in [2.45, 2.75) is 36.6 Å². The van der Waals surface area contributed by atoms with E-state index in [0.29, 0.717) is 18.4 Å². The Morgan fingerprint density at radius 2 is 1.33 bits per heavy atom. The Balaban J connectivity index is 1.10. The third-order valence-electron chi connectivity index (χ3n) is 10.3. The Bertz CT molecular complexity index is 2330. The number of carbonyl (C=O) groups is 3. The van der Waals surface area contributed by atoms with Crippen LogP contribution >= 0.6 is 11.5 Å². The Labute approximate surface area is 338 Å². The molecule has 2 atom stereocenters. The standard InChI is InChI=1S/C45H38N6O6S/c46-44-48-40(50-58-44)37(49-57-45(32-20-10-3-11-21-32,33-22-12-4-13-23-33)34-24-14-5-15-25-34)41(53)47-36-35-27-26-31(28-52)38(51(35)42(36)54)43(55)56-39(29-16-6-1-7-17-29)30-18-8-2-9-19-30/h1-25,35-36,39,52H,26-28H2,(H,47,53)(H2,46,48,50)/b49-37+. The number of aliphatic hydroxyl groups is 1. The summed E-state index contributed by atoms with van der Waals surface area (Å²) in [5.41, 5.74) is 8.38. The number of nitrogen functional groups attached to an aromatic ring is 1. The number of nitrogens with zero attached hydrogens (tertiary/aromatic N) is 4. The molecular formula is C45H38N6O6S. The molecule has 2 aliphatic heterocycles. The Morgan fingerprint density at radius 1 is 0.828 bits per heavy atom. The van der Waals surface area contributed by atoms with Gasteiger partial charge in [-0.3, -0.25) is 14.5 Å². The van der Waals surface area contributed by atoms with Crippen LogP contribution in [-0.2, 0) is 29.6 Å². The number of anilines is 1. The van der Waals surface area contributed by atoms with Crippen LogP contribution in [0.1, 0.15) is 52.6 Å². The number of fused-ring (bicyclic) bond motifs is 1. The van der Waals surface area contributed by atoms with Crippen LogP contribution in [0.15, 0.2) is 168 Å². The van der Waals surface area contributed by atoms with E-state index in [9.17, 15) is 19.5 Å². The van der Waals surface area contributed by atoms with Gasteiger partial charge in [0.05, 0.1) is 12.6 Å². The highest BCUT2D eigenvalue weighted by Crippen LogP contribution is 2.42. The van der Waals surface area contributed by atoms with Crippen molar-refractivity contribution in [2.24, 2.45) is 5.16 Å². The molecule has 58 heavy (non-hydrogen) atoms. The molecule has 0 radical (unpaired) electrons. The van der Waals surface area contributed by atoms with Gasteiger partial charge in [-0.15, -0.1) is 0 Å². The zero-order valence-corrected chi connectivity index (χ0v) is 31.9. The maximum Gasteiger partial charge on any atom is 0.356 e. The fourth-order valence-electron chi connectivity index (χ4n) is 7.54. The molecule has 2 aliphatic rings. The smallest absolute Gasteiger partial charge is 0.356 e. The summed E-state index contributed by atoms with van der Waals surface area (Å²) in [5.74, 6) is -2.19. The van der Waals surface area contributed by atoms with Crippen LogP contribution in [0.3, 0.4) is 0 Å². The van der Waals surface area contributed by atoms with E-state index < -0.39 is 48.2 Å². The number of nitrogens with one attached hydrogen (secondary N) is 1. The van der Waals surface area contributed by atoms with Crippen molar-refractivity contribution in [3.8, 4) is 0 Å². The van der Waals surface area contributed by atoms with Gasteiger partial charge in [-0.1, -0.05) is 157 Å². The molecule has 1 aromatic heterocycles. The van der Waals surface area contributed by atoms with Crippen LogP contribution in [0.5, 0.6) is 0 Å². The SMILES string of the molecule is Nc1nc(/C(=N\OC(c2ccccc2)(c2ccccc2)c2ccccc2)C(=O)NC2C(=O)N3C(C(=O)OC(c4ccccc4)c4ccccc4)=C(CO)CCC23)ns1. The summed E-state index contributed by atoms with van der Waals surface area (Å²) < 4.78 is 10.4. The Hall–Kier alpha value is -6.96. The molecule has 2 amide bonds. The topological polar surface area (TPSA) is 169 Å². The average Bonchev–Trinajstić information content (AvgIpc) is 3.72. The molecule has 0 aliphatic carbocycles. The number of carbonyl (C=O) groups excluding carboxylic acids is 3. The van der Waals surface area contributed by atoms with Gasteiger partial charge in [0.15, 0.2) is 11.2 Å². The lowest BCUT2D eigenvalue weighted by molar-refractivity contribution is -0.159.